The highest BCUT2D eigenvalue weighted by Crippen LogP contribution is 2.32. The standard InChI is InChI=1S/C19H31N3O2.ClH/c1-11(2)14-8-7-9-15(12(3)4)18(14)22-16(23)10-21-19(24)17(20)13(5)6;/h7-9,11-13,17H,10,20H2,1-6H3,(H,21,24)(H,22,23);1H/t17-;/m0./s1. The van der Waals surface area contributed by atoms with Crippen LogP contribution in [-0.4, -0.2) is 24.4 Å². The molecule has 142 valence electrons. The molecule has 1 aromatic rings. The SMILES string of the molecule is CC(C)c1cccc(C(C)C)c1NC(=O)CNC(=O)[C@@H](N)C(C)C.Cl. The molecule has 0 aliphatic heterocycles. The Morgan fingerprint density at radius 3 is 1.88 bits per heavy atom. The molecule has 6 heteroatoms. The molecule has 0 aliphatic carbocycles. The number of carbonyl (C=O) groups excluding carboxylic acids is 2. The maximum absolute atomic E-state index is 12.3. The number of hydrogen-bond acceptors (Lipinski definition) is 3. The molecule has 0 spiro atoms. The second kappa shape index (κ2) is 10.4. The number of rotatable bonds is 7. The molecule has 0 unspecified atom stereocenters. The first-order valence-corrected chi connectivity index (χ1v) is 8.61. The summed E-state index contributed by atoms with van der Waals surface area (Å²) in [6.45, 7) is 12.0. The number of carbonyl (C=O) groups is 2. The summed E-state index contributed by atoms with van der Waals surface area (Å²) in [5, 5.41) is 5.58. The van der Waals surface area contributed by atoms with Crippen LogP contribution in [0.25, 0.3) is 0 Å². The van der Waals surface area contributed by atoms with E-state index < -0.39 is 6.04 Å². The van der Waals surface area contributed by atoms with Crippen molar-refractivity contribution in [1.82, 2.24) is 5.32 Å². The first-order chi connectivity index (χ1) is 11.1. The maximum Gasteiger partial charge on any atom is 0.243 e. The number of amides is 2. The molecule has 1 aromatic carbocycles. The maximum atomic E-state index is 12.3. The fourth-order valence-electron chi connectivity index (χ4n) is 2.47. The molecule has 0 saturated heterocycles. The zero-order chi connectivity index (χ0) is 18.4. The Kier molecular flexibility index (Phi) is 9.75. The van der Waals surface area contributed by atoms with Crippen molar-refractivity contribution < 1.29 is 9.59 Å². The molecule has 0 saturated carbocycles. The van der Waals surface area contributed by atoms with Gasteiger partial charge in [0.2, 0.25) is 11.8 Å². The summed E-state index contributed by atoms with van der Waals surface area (Å²) >= 11 is 0. The number of halogens is 1. The molecular weight excluding hydrogens is 338 g/mol. The lowest BCUT2D eigenvalue weighted by Gasteiger charge is -2.20. The van der Waals surface area contributed by atoms with Crippen molar-refractivity contribution in [2.45, 2.75) is 59.4 Å². The molecule has 0 aliphatic rings. The first-order valence-electron chi connectivity index (χ1n) is 8.61. The van der Waals surface area contributed by atoms with Crippen LogP contribution < -0.4 is 16.4 Å². The van der Waals surface area contributed by atoms with Gasteiger partial charge in [-0.2, -0.15) is 0 Å². The molecule has 5 nitrogen and oxygen atoms in total. The Morgan fingerprint density at radius 1 is 1.00 bits per heavy atom. The van der Waals surface area contributed by atoms with Gasteiger partial charge in [-0.3, -0.25) is 9.59 Å². The molecule has 4 N–H and O–H groups in total. The van der Waals surface area contributed by atoms with Crippen molar-refractivity contribution in [3.63, 3.8) is 0 Å². The zero-order valence-corrected chi connectivity index (χ0v) is 16.9. The van der Waals surface area contributed by atoms with Crippen molar-refractivity contribution in [2.24, 2.45) is 11.7 Å². The summed E-state index contributed by atoms with van der Waals surface area (Å²) < 4.78 is 0. The van der Waals surface area contributed by atoms with E-state index in [0.29, 0.717) is 11.8 Å². The van der Waals surface area contributed by atoms with Gasteiger partial charge in [-0.1, -0.05) is 59.7 Å². The number of nitrogens with one attached hydrogen (secondary N) is 2. The number of hydrogen-bond donors (Lipinski definition) is 3. The van der Waals surface area contributed by atoms with Gasteiger partial charge < -0.3 is 16.4 Å². The van der Waals surface area contributed by atoms with Gasteiger partial charge in [0.25, 0.3) is 0 Å². The Labute approximate surface area is 157 Å². The van der Waals surface area contributed by atoms with E-state index in [1.54, 1.807) is 0 Å². The van der Waals surface area contributed by atoms with Gasteiger partial charge in [-0.25, -0.2) is 0 Å². The monoisotopic (exact) mass is 369 g/mol. The molecule has 1 rings (SSSR count). The minimum atomic E-state index is -0.605. The predicted octanol–water partition coefficient (Wildman–Crippen LogP) is 3.39. The summed E-state index contributed by atoms with van der Waals surface area (Å²) in [7, 11) is 0. The van der Waals surface area contributed by atoms with Crippen molar-refractivity contribution in [1.29, 1.82) is 0 Å². The highest BCUT2D eigenvalue weighted by Gasteiger charge is 2.19. The molecule has 0 radical (unpaired) electrons. The molecule has 0 fully saturated rings. The van der Waals surface area contributed by atoms with E-state index in [1.165, 1.54) is 0 Å². The van der Waals surface area contributed by atoms with Crippen LogP contribution in [0, 0.1) is 5.92 Å². The molecule has 0 heterocycles. The van der Waals surface area contributed by atoms with Crippen LogP contribution in [0.4, 0.5) is 5.69 Å². The number of anilines is 1. The van der Waals surface area contributed by atoms with Crippen molar-refractivity contribution >= 4 is 29.9 Å². The van der Waals surface area contributed by atoms with E-state index in [4.69, 9.17) is 5.73 Å². The predicted molar refractivity (Wildman–Crippen MR) is 106 cm³/mol. The fourth-order valence-corrected chi connectivity index (χ4v) is 2.47. The third kappa shape index (κ3) is 6.67. The van der Waals surface area contributed by atoms with Crippen LogP contribution in [-0.2, 0) is 9.59 Å². The van der Waals surface area contributed by atoms with Gasteiger partial charge in [-0.05, 0) is 28.9 Å². The van der Waals surface area contributed by atoms with Crippen LogP contribution in [0.2, 0.25) is 0 Å². The van der Waals surface area contributed by atoms with Crippen LogP contribution in [0.15, 0.2) is 18.2 Å². The van der Waals surface area contributed by atoms with E-state index in [9.17, 15) is 9.59 Å². The Hall–Kier alpha value is -1.59. The van der Waals surface area contributed by atoms with Crippen LogP contribution in [0.5, 0.6) is 0 Å². The molecular formula is C19H32ClN3O2. The molecule has 0 aromatic heterocycles. The van der Waals surface area contributed by atoms with E-state index in [2.05, 4.69) is 38.3 Å². The number of nitrogens with two attached hydrogens (primary N) is 1. The highest BCUT2D eigenvalue weighted by molar-refractivity contribution is 5.96. The zero-order valence-electron chi connectivity index (χ0n) is 16.1. The minimum Gasteiger partial charge on any atom is -0.346 e. The van der Waals surface area contributed by atoms with Crippen LogP contribution >= 0.6 is 12.4 Å². The summed E-state index contributed by atoms with van der Waals surface area (Å²) in [5.74, 6) is 0.0730. The van der Waals surface area contributed by atoms with Gasteiger partial charge in [0.05, 0.1) is 12.6 Å². The number of para-hydroxylation sites is 1. The number of benzene rings is 1. The van der Waals surface area contributed by atoms with Gasteiger partial charge in [0, 0.05) is 5.69 Å². The summed E-state index contributed by atoms with van der Waals surface area (Å²) in [4.78, 5) is 24.2. The lowest BCUT2D eigenvalue weighted by Crippen LogP contribution is -2.46. The van der Waals surface area contributed by atoms with E-state index >= 15 is 0 Å². The van der Waals surface area contributed by atoms with Crippen molar-refractivity contribution in [3.8, 4) is 0 Å². The topological polar surface area (TPSA) is 84.2 Å². The second-order valence-corrected chi connectivity index (χ2v) is 7.16. The van der Waals surface area contributed by atoms with Gasteiger partial charge in [0.15, 0.2) is 0 Å². The first kappa shape index (κ1) is 23.4. The minimum absolute atomic E-state index is 0. The van der Waals surface area contributed by atoms with Crippen LogP contribution in [0.1, 0.15) is 64.5 Å². The largest absolute Gasteiger partial charge is 0.346 e. The second-order valence-electron chi connectivity index (χ2n) is 7.16. The lowest BCUT2D eigenvalue weighted by molar-refractivity contribution is -0.125. The Bertz CT molecular complexity index is 560. The third-order valence-corrected chi connectivity index (χ3v) is 4.08. The average Bonchev–Trinajstić information content (AvgIpc) is 2.51. The van der Waals surface area contributed by atoms with Gasteiger partial charge in [0.1, 0.15) is 0 Å². The molecule has 2 amide bonds. The third-order valence-electron chi connectivity index (χ3n) is 4.08. The highest BCUT2D eigenvalue weighted by atomic mass is 35.5. The summed E-state index contributed by atoms with van der Waals surface area (Å²) in [5.41, 5.74) is 8.83. The average molecular weight is 370 g/mol. The quantitative estimate of drug-likeness (QED) is 0.688. The van der Waals surface area contributed by atoms with Crippen LogP contribution in [0.3, 0.4) is 0 Å². The van der Waals surface area contributed by atoms with Crippen molar-refractivity contribution in [3.05, 3.63) is 29.3 Å². The molecule has 1 atom stereocenters. The Morgan fingerprint density at radius 2 is 1.48 bits per heavy atom. The normalized spacial score (nSPS) is 12.1. The van der Waals surface area contributed by atoms with E-state index in [1.807, 2.05) is 32.0 Å². The van der Waals surface area contributed by atoms with E-state index in [-0.39, 0.29) is 36.7 Å². The molecule has 0 bridgehead atoms. The van der Waals surface area contributed by atoms with E-state index in [0.717, 1.165) is 16.8 Å². The fraction of sp³-hybridized carbons (Fsp3) is 0.579. The molecule has 25 heavy (non-hydrogen) atoms. The lowest BCUT2D eigenvalue weighted by atomic mass is 9.92. The van der Waals surface area contributed by atoms with Gasteiger partial charge >= 0.3 is 0 Å². The van der Waals surface area contributed by atoms with Gasteiger partial charge in [-0.15, -0.1) is 12.4 Å². The van der Waals surface area contributed by atoms with Crippen molar-refractivity contribution in [2.75, 3.05) is 11.9 Å². The smallest absolute Gasteiger partial charge is 0.243 e. The Balaban J connectivity index is 0.00000576. The summed E-state index contributed by atoms with van der Waals surface area (Å²) in [6.07, 6.45) is 0. The summed E-state index contributed by atoms with van der Waals surface area (Å²) in [6, 6.07) is 5.47.